The molecule has 0 radical (unpaired) electrons. The number of methoxy groups -OCH3 is 3. The van der Waals surface area contributed by atoms with Crippen LogP contribution in [0.15, 0.2) is 12.1 Å². The monoisotopic (exact) mass is 293 g/mol. The van der Waals surface area contributed by atoms with E-state index in [1.165, 1.54) is 12.8 Å². The number of fused-ring (bicyclic) bond motifs is 2. The number of rotatable bonds is 6. The lowest BCUT2D eigenvalue weighted by Gasteiger charge is -2.22. The quantitative estimate of drug-likeness (QED) is 0.870. The number of hydrogen-bond acceptors (Lipinski definition) is 5. The molecule has 3 atom stereocenters. The Labute approximate surface area is 125 Å². The molecule has 2 fully saturated rings. The van der Waals surface area contributed by atoms with Gasteiger partial charge >= 0.3 is 0 Å². The molecule has 1 N–H and O–H groups in total. The van der Waals surface area contributed by atoms with E-state index in [-0.39, 0.29) is 0 Å². The molecule has 0 aliphatic carbocycles. The molecule has 2 saturated heterocycles. The molecule has 3 rings (SSSR count). The van der Waals surface area contributed by atoms with Crippen molar-refractivity contribution >= 4 is 0 Å². The van der Waals surface area contributed by atoms with Gasteiger partial charge in [-0.25, -0.2) is 0 Å². The fourth-order valence-corrected chi connectivity index (χ4v) is 3.34. The minimum Gasteiger partial charge on any atom is -0.496 e. The lowest BCUT2D eigenvalue weighted by Crippen LogP contribution is -2.37. The average Bonchev–Trinajstić information content (AvgIpc) is 3.14. The molecule has 1 aromatic carbocycles. The van der Waals surface area contributed by atoms with Crippen molar-refractivity contribution in [3.8, 4) is 17.2 Å². The number of benzene rings is 1. The van der Waals surface area contributed by atoms with Crippen LogP contribution in [0, 0.1) is 0 Å². The van der Waals surface area contributed by atoms with E-state index in [0.717, 1.165) is 29.2 Å². The third-order valence-corrected chi connectivity index (χ3v) is 4.46. The van der Waals surface area contributed by atoms with Crippen molar-refractivity contribution < 1.29 is 18.9 Å². The fourth-order valence-electron chi connectivity index (χ4n) is 3.34. The highest BCUT2D eigenvalue weighted by Gasteiger charge is 2.40. The lowest BCUT2D eigenvalue weighted by molar-refractivity contribution is 0.0972. The summed E-state index contributed by atoms with van der Waals surface area (Å²) in [7, 11) is 4.97. The minimum atomic E-state index is 0.366. The maximum atomic E-state index is 5.88. The lowest BCUT2D eigenvalue weighted by atomic mass is 9.95. The Morgan fingerprint density at radius 1 is 1.10 bits per heavy atom. The first-order chi connectivity index (χ1) is 10.2. The predicted octanol–water partition coefficient (Wildman–Crippen LogP) is 2.12. The molecular weight excluding hydrogens is 270 g/mol. The highest BCUT2D eigenvalue weighted by Crippen LogP contribution is 2.37. The van der Waals surface area contributed by atoms with Gasteiger partial charge in [-0.2, -0.15) is 0 Å². The fraction of sp³-hybridized carbons (Fsp3) is 0.625. The molecule has 21 heavy (non-hydrogen) atoms. The van der Waals surface area contributed by atoms with Crippen molar-refractivity contribution in [1.29, 1.82) is 0 Å². The molecule has 5 heteroatoms. The molecule has 2 heterocycles. The second kappa shape index (κ2) is 6.12. The van der Waals surface area contributed by atoms with Crippen LogP contribution in [0.2, 0.25) is 0 Å². The number of nitrogens with one attached hydrogen (secondary N) is 1. The SMILES string of the molecule is COc1cc(OC)c(CNC2CC3CCC2O3)c(OC)c1. The van der Waals surface area contributed by atoms with E-state index in [9.17, 15) is 0 Å². The van der Waals surface area contributed by atoms with E-state index in [2.05, 4.69) is 5.32 Å². The maximum Gasteiger partial charge on any atom is 0.130 e. The normalized spacial score (nSPS) is 26.9. The Bertz CT molecular complexity index is 480. The van der Waals surface area contributed by atoms with Crippen LogP contribution in [0.1, 0.15) is 24.8 Å². The van der Waals surface area contributed by atoms with Gasteiger partial charge in [-0.05, 0) is 19.3 Å². The Hall–Kier alpha value is -1.46. The van der Waals surface area contributed by atoms with Gasteiger partial charge in [-0.1, -0.05) is 0 Å². The van der Waals surface area contributed by atoms with Crippen molar-refractivity contribution in [3.05, 3.63) is 17.7 Å². The van der Waals surface area contributed by atoms with Gasteiger partial charge in [-0.3, -0.25) is 0 Å². The van der Waals surface area contributed by atoms with Crippen molar-refractivity contribution in [1.82, 2.24) is 5.32 Å². The first-order valence-corrected chi connectivity index (χ1v) is 7.43. The highest BCUT2D eigenvalue weighted by atomic mass is 16.5. The van der Waals surface area contributed by atoms with E-state index >= 15 is 0 Å². The molecule has 116 valence electrons. The summed E-state index contributed by atoms with van der Waals surface area (Å²) in [5.41, 5.74) is 1.02. The molecule has 3 unspecified atom stereocenters. The van der Waals surface area contributed by atoms with Gasteiger partial charge < -0.3 is 24.3 Å². The second-order valence-corrected chi connectivity index (χ2v) is 5.61. The second-order valence-electron chi connectivity index (χ2n) is 5.61. The Morgan fingerprint density at radius 3 is 2.29 bits per heavy atom. The number of ether oxygens (including phenoxy) is 4. The van der Waals surface area contributed by atoms with Crippen LogP contribution in [-0.4, -0.2) is 39.6 Å². The van der Waals surface area contributed by atoms with Crippen LogP contribution in [0.4, 0.5) is 0 Å². The smallest absolute Gasteiger partial charge is 0.130 e. The molecule has 2 aliphatic heterocycles. The molecule has 0 amide bonds. The van der Waals surface area contributed by atoms with E-state index in [4.69, 9.17) is 18.9 Å². The summed E-state index contributed by atoms with van der Waals surface area (Å²) in [6.07, 6.45) is 4.29. The molecule has 0 saturated carbocycles. The van der Waals surface area contributed by atoms with Gasteiger partial charge in [0.05, 0.1) is 39.1 Å². The van der Waals surface area contributed by atoms with Crippen LogP contribution in [0.3, 0.4) is 0 Å². The van der Waals surface area contributed by atoms with Crippen molar-refractivity contribution in [2.75, 3.05) is 21.3 Å². The summed E-state index contributed by atoms with van der Waals surface area (Å²) in [4.78, 5) is 0. The summed E-state index contributed by atoms with van der Waals surface area (Å²) in [6.45, 7) is 0.702. The zero-order valence-electron chi connectivity index (χ0n) is 12.8. The first kappa shape index (κ1) is 14.5. The molecular formula is C16H23NO4. The summed E-state index contributed by atoms with van der Waals surface area (Å²) in [5, 5.41) is 3.59. The van der Waals surface area contributed by atoms with Crippen LogP contribution in [0.5, 0.6) is 17.2 Å². The molecule has 2 aliphatic rings. The third-order valence-electron chi connectivity index (χ3n) is 4.46. The van der Waals surface area contributed by atoms with Gasteiger partial charge in [0.15, 0.2) is 0 Å². The van der Waals surface area contributed by atoms with Crippen molar-refractivity contribution in [3.63, 3.8) is 0 Å². The average molecular weight is 293 g/mol. The largest absolute Gasteiger partial charge is 0.496 e. The maximum absolute atomic E-state index is 5.88. The molecule has 0 aromatic heterocycles. The van der Waals surface area contributed by atoms with Crippen LogP contribution < -0.4 is 19.5 Å². The summed E-state index contributed by atoms with van der Waals surface area (Å²) in [6, 6.07) is 4.20. The highest BCUT2D eigenvalue weighted by molar-refractivity contribution is 5.50. The van der Waals surface area contributed by atoms with Crippen molar-refractivity contribution in [2.24, 2.45) is 0 Å². The van der Waals surface area contributed by atoms with Gasteiger partial charge in [0, 0.05) is 24.7 Å². The Morgan fingerprint density at radius 2 is 1.81 bits per heavy atom. The molecule has 2 bridgehead atoms. The van der Waals surface area contributed by atoms with Crippen LogP contribution >= 0.6 is 0 Å². The van der Waals surface area contributed by atoms with Gasteiger partial charge in [-0.15, -0.1) is 0 Å². The standard InChI is InChI=1S/C16H23NO4/c1-18-11-7-15(19-2)12(16(8-11)20-3)9-17-13-6-10-4-5-14(13)21-10/h7-8,10,13-14,17H,4-6,9H2,1-3H3. The number of hydrogen-bond donors (Lipinski definition) is 1. The van der Waals surface area contributed by atoms with Gasteiger partial charge in [0.2, 0.25) is 0 Å². The van der Waals surface area contributed by atoms with E-state index in [1.807, 2.05) is 12.1 Å². The Balaban J connectivity index is 1.74. The summed E-state index contributed by atoms with van der Waals surface area (Å²) in [5.74, 6) is 2.29. The van der Waals surface area contributed by atoms with Crippen molar-refractivity contribution in [2.45, 2.75) is 44.1 Å². The topological polar surface area (TPSA) is 49.0 Å². The predicted molar refractivity (Wildman–Crippen MR) is 79.2 cm³/mol. The van der Waals surface area contributed by atoms with E-state index in [0.29, 0.717) is 24.8 Å². The Kier molecular flexibility index (Phi) is 4.22. The molecule has 5 nitrogen and oxygen atoms in total. The zero-order valence-corrected chi connectivity index (χ0v) is 12.8. The third kappa shape index (κ3) is 2.80. The first-order valence-electron chi connectivity index (χ1n) is 7.43. The van der Waals surface area contributed by atoms with Gasteiger partial charge in [0.25, 0.3) is 0 Å². The van der Waals surface area contributed by atoms with E-state index < -0.39 is 0 Å². The zero-order chi connectivity index (χ0) is 14.8. The molecule has 0 spiro atoms. The summed E-state index contributed by atoms with van der Waals surface area (Å²) < 4.78 is 22.1. The van der Waals surface area contributed by atoms with Crippen LogP contribution in [0.25, 0.3) is 0 Å². The van der Waals surface area contributed by atoms with Crippen LogP contribution in [-0.2, 0) is 11.3 Å². The summed E-state index contributed by atoms with van der Waals surface area (Å²) >= 11 is 0. The van der Waals surface area contributed by atoms with E-state index in [1.54, 1.807) is 21.3 Å². The minimum absolute atomic E-state index is 0.366. The molecule has 1 aromatic rings. The van der Waals surface area contributed by atoms with Gasteiger partial charge in [0.1, 0.15) is 17.2 Å².